The van der Waals surface area contributed by atoms with Gasteiger partial charge in [-0.15, -0.1) is 0 Å². The molecule has 1 aliphatic carbocycles. The van der Waals surface area contributed by atoms with Gasteiger partial charge in [-0.25, -0.2) is 0 Å². The van der Waals surface area contributed by atoms with Crippen molar-refractivity contribution < 1.29 is 9.84 Å². The van der Waals surface area contributed by atoms with Crippen LogP contribution in [0.5, 0.6) is 0 Å². The van der Waals surface area contributed by atoms with Gasteiger partial charge in [-0.3, -0.25) is 0 Å². The first kappa shape index (κ1) is 11.0. The molecule has 0 aromatic rings. The van der Waals surface area contributed by atoms with Gasteiger partial charge < -0.3 is 15.2 Å². The first-order valence-corrected chi connectivity index (χ1v) is 5.31. The van der Waals surface area contributed by atoms with E-state index in [2.05, 4.69) is 12.2 Å². The number of ether oxygens (including phenoxy) is 1. The summed E-state index contributed by atoms with van der Waals surface area (Å²) in [6.45, 7) is 5.27. The van der Waals surface area contributed by atoms with Gasteiger partial charge in [0.1, 0.15) is 0 Å². The second kappa shape index (κ2) is 6.35. The van der Waals surface area contributed by atoms with Gasteiger partial charge in [-0.05, 0) is 25.2 Å². The van der Waals surface area contributed by atoms with Crippen LogP contribution in [0.3, 0.4) is 0 Å². The fourth-order valence-corrected chi connectivity index (χ4v) is 1.29. The zero-order chi connectivity index (χ0) is 9.52. The molecule has 13 heavy (non-hydrogen) atoms. The topological polar surface area (TPSA) is 41.5 Å². The number of hydrogen-bond acceptors (Lipinski definition) is 3. The molecule has 0 bridgehead atoms. The van der Waals surface area contributed by atoms with Crippen LogP contribution in [-0.4, -0.2) is 37.5 Å². The van der Waals surface area contributed by atoms with Crippen molar-refractivity contribution in [3.05, 3.63) is 0 Å². The summed E-state index contributed by atoms with van der Waals surface area (Å²) in [7, 11) is 0. The van der Waals surface area contributed by atoms with Crippen molar-refractivity contribution in [2.75, 3.05) is 26.3 Å². The van der Waals surface area contributed by atoms with Gasteiger partial charge in [-0.1, -0.05) is 6.92 Å². The molecule has 1 rings (SSSR count). The molecule has 0 heterocycles. The second-order valence-electron chi connectivity index (χ2n) is 3.72. The Hall–Kier alpha value is -0.120. The Morgan fingerprint density at radius 1 is 1.46 bits per heavy atom. The molecule has 0 saturated heterocycles. The number of hydrogen-bond donors (Lipinski definition) is 2. The molecule has 1 atom stereocenters. The van der Waals surface area contributed by atoms with Crippen LogP contribution in [0.1, 0.15) is 26.2 Å². The Bertz CT molecular complexity index is 126. The Balaban J connectivity index is 1.77. The van der Waals surface area contributed by atoms with E-state index in [0.717, 1.165) is 32.7 Å². The highest BCUT2D eigenvalue weighted by Crippen LogP contribution is 2.32. The predicted molar refractivity (Wildman–Crippen MR) is 52.7 cm³/mol. The molecule has 78 valence electrons. The van der Waals surface area contributed by atoms with Crippen molar-refractivity contribution in [1.29, 1.82) is 0 Å². The molecule has 0 aromatic carbocycles. The molecule has 0 radical (unpaired) electrons. The van der Waals surface area contributed by atoms with Crippen molar-refractivity contribution in [3.63, 3.8) is 0 Å². The maximum Gasteiger partial charge on any atom is 0.0692 e. The van der Waals surface area contributed by atoms with Crippen molar-refractivity contribution >= 4 is 0 Å². The normalized spacial score (nSPS) is 18.9. The van der Waals surface area contributed by atoms with Crippen LogP contribution >= 0.6 is 0 Å². The lowest BCUT2D eigenvalue weighted by atomic mass is 10.2. The van der Waals surface area contributed by atoms with Crippen LogP contribution in [0.4, 0.5) is 0 Å². The molecule has 1 saturated carbocycles. The maximum absolute atomic E-state index is 9.49. The lowest BCUT2D eigenvalue weighted by Gasteiger charge is -2.10. The predicted octanol–water partition coefficient (Wildman–Crippen LogP) is 0.773. The van der Waals surface area contributed by atoms with Crippen molar-refractivity contribution in [3.8, 4) is 0 Å². The lowest BCUT2D eigenvalue weighted by Crippen LogP contribution is -2.30. The minimum Gasteiger partial charge on any atom is -0.392 e. The van der Waals surface area contributed by atoms with E-state index in [9.17, 15) is 5.11 Å². The van der Waals surface area contributed by atoms with Gasteiger partial charge in [-0.2, -0.15) is 0 Å². The van der Waals surface area contributed by atoms with E-state index in [1.807, 2.05) is 0 Å². The average molecular weight is 187 g/mol. The summed E-state index contributed by atoms with van der Waals surface area (Å²) in [6, 6.07) is 0. The molecule has 0 spiro atoms. The monoisotopic (exact) mass is 187 g/mol. The van der Waals surface area contributed by atoms with Crippen molar-refractivity contribution in [2.45, 2.75) is 32.3 Å². The van der Waals surface area contributed by atoms with Crippen LogP contribution in [0.2, 0.25) is 0 Å². The van der Waals surface area contributed by atoms with Crippen molar-refractivity contribution in [2.24, 2.45) is 5.92 Å². The number of aliphatic hydroxyl groups excluding tert-OH is 1. The summed E-state index contributed by atoms with van der Waals surface area (Å²) in [5.41, 5.74) is 0. The Labute approximate surface area is 80.5 Å². The van der Waals surface area contributed by atoms with Gasteiger partial charge in [0.25, 0.3) is 0 Å². The molecule has 3 heteroatoms. The average Bonchev–Trinajstić information content (AvgIpc) is 2.93. The Morgan fingerprint density at radius 2 is 2.23 bits per heavy atom. The highest BCUT2D eigenvalue weighted by molar-refractivity contribution is 4.81. The van der Waals surface area contributed by atoms with Crippen molar-refractivity contribution in [1.82, 2.24) is 5.32 Å². The van der Waals surface area contributed by atoms with E-state index in [-0.39, 0.29) is 6.10 Å². The minimum atomic E-state index is -0.133. The summed E-state index contributed by atoms with van der Waals surface area (Å²) < 4.78 is 5.30. The zero-order valence-corrected chi connectivity index (χ0v) is 8.46. The minimum absolute atomic E-state index is 0.133. The molecule has 0 aliphatic heterocycles. The summed E-state index contributed by atoms with van der Waals surface area (Å²) in [5, 5.41) is 12.7. The lowest BCUT2D eigenvalue weighted by molar-refractivity contribution is 0.122. The molecule has 2 N–H and O–H groups in total. The van der Waals surface area contributed by atoms with Crippen LogP contribution in [-0.2, 0) is 4.74 Å². The summed E-state index contributed by atoms with van der Waals surface area (Å²) in [6.07, 6.45) is 3.35. The maximum atomic E-state index is 9.49. The van der Waals surface area contributed by atoms with Gasteiger partial charge >= 0.3 is 0 Å². The molecule has 0 aromatic heterocycles. The summed E-state index contributed by atoms with van der Waals surface area (Å²) >= 11 is 0. The quantitative estimate of drug-likeness (QED) is 0.552. The van der Waals surface area contributed by atoms with Crippen LogP contribution in [0, 0.1) is 5.92 Å². The fraction of sp³-hybridized carbons (Fsp3) is 1.00. The largest absolute Gasteiger partial charge is 0.392 e. The van der Waals surface area contributed by atoms with E-state index in [1.54, 1.807) is 0 Å². The third-order valence-corrected chi connectivity index (χ3v) is 2.29. The van der Waals surface area contributed by atoms with E-state index in [1.165, 1.54) is 12.8 Å². The number of nitrogens with one attached hydrogen (secondary N) is 1. The first-order chi connectivity index (χ1) is 6.34. The van der Waals surface area contributed by atoms with Crippen LogP contribution < -0.4 is 5.32 Å². The van der Waals surface area contributed by atoms with Crippen LogP contribution in [0.25, 0.3) is 0 Å². The third kappa shape index (κ3) is 5.24. The standard InChI is InChI=1S/C10H21NO2/c1-2-6-13-7-5-11-8-10(12)9-3-4-9/h9-12H,2-8H2,1H3. The number of rotatable bonds is 8. The van der Waals surface area contributed by atoms with Gasteiger partial charge in [0.05, 0.1) is 12.7 Å². The van der Waals surface area contributed by atoms with Gasteiger partial charge in [0.15, 0.2) is 0 Å². The van der Waals surface area contributed by atoms with E-state index in [0.29, 0.717) is 5.92 Å². The first-order valence-electron chi connectivity index (χ1n) is 5.31. The highest BCUT2D eigenvalue weighted by Gasteiger charge is 2.28. The second-order valence-corrected chi connectivity index (χ2v) is 3.72. The SMILES string of the molecule is CCCOCCNCC(O)C1CC1. The van der Waals surface area contributed by atoms with E-state index < -0.39 is 0 Å². The Morgan fingerprint density at radius 3 is 2.85 bits per heavy atom. The molecule has 1 fully saturated rings. The molecule has 3 nitrogen and oxygen atoms in total. The van der Waals surface area contributed by atoms with Gasteiger partial charge in [0.2, 0.25) is 0 Å². The Kier molecular flexibility index (Phi) is 5.35. The smallest absolute Gasteiger partial charge is 0.0692 e. The number of aliphatic hydroxyl groups is 1. The van der Waals surface area contributed by atoms with Gasteiger partial charge in [0, 0.05) is 19.7 Å². The van der Waals surface area contributed by atoms with E-state index >= 15 is 0 Å². The molecule has 1 aliphatic rings. The van der Waals surface area contributed by atoms with E-state index in [4.69, 9.17) is 4.74 Å². The van der Waals surface area contributed by atoms with Crippen LogP contribution in [0.15, 0.2) is 0 Å². The zero-order valence-electron chi connectivity index (χ0n) is 8.46. The highest BCUT2D eigenvalue weighted by atomic mass is 16.5. The molecule has 0 amide bonds. The molecule has 1 unspecified atom stereocenters. The fourth-order valence-electron chi connectivity index (χ4n) is 1.29. The molecular weight excluding hydrogens is 166 g/mol. The third-order valence-electron chi connectivity index (χ3n) is 2.29. The summed E-state index contributed by atoms with van der Waals surface area (Å²) in [5.74, 6) is 0.573. The molecular formula is C10H21NO2. The summed E-state index contributed by atoms with van der Waals surface area (Å²) in [4.78, 5) is 0.